The Labute approximate surface area is 88.8 Å². The largest absolute Gasteiger partial charge is 0.481 e. The van der Waals surface area contributed by atoms with Gasteiger partial charge in [-0.3, -0.25) is 4.79 Å². The molecule has 0 amide bonds. The third-order valence-electron chi connectivity index (χ3n) is 1.99. The van der Waals surface area contributed by atoms with Gasteiger partial charge in [0.2, 0.25) is 0 Å². The topological polar surface area (TPSA) is 66.3 Å². The van der Waals surface area contributed by atoms with E-state index in [9.17, 15) is 4.79 Å². The van der Waals surface area contributed by atoms with Crippen LogP contribution in [0.5, 0.6) is 0 Å². The number of rotatable bonds is 5. The van der Waals surface area contributed by atoms with E-state index in [1.807, 2.05) is 25.1 Å². The molecule has 82 valence electrons. The number of carboxylic acid groups (broad SMARTS) is 1. The lowest BCUT2D eigenvalue weighted by molar-refractivity contribution is -0.137. The predicted octanol–water partition coefficient (Wildman–Crippen LogP) is 0.950. The number of aryl methyl sites for hydroxylation is 1. The van der Waals surface area contributed by atoms with E-state index in [0.717, 1.165) is 11.5 Å². The first-order chi connectivity index (χ1) is 7.09. The van der Waals surface area contributed by atoms with Gasteiger partial charge in [-0.1, -0.05) is 0 Å². The van der Waals surface area contributed by atoms with Crippen LogP contribution in [0.15, 0.2) is 12.4 Å². The number of carbonyl (C=O) groups is 1. The van der Waals surface area contributed by atoms with E-state index >= 15 is 0 Å². The van der Waals surface area contributed by atoms with E-state index < -0.39 is 5.97 Å². The van der Waals surface area contributed by atoms with Gasteiger partial charge in [0.15, 0.2) is 0 Å². The molecule has 0 radical (unpaired) electrons. The van der Waals surface area contributed by atoms with Gasteiger partial charge in [-0.25, -0.2) is 9.97 Å². The number of hydrogen-bond donors (Lipinski definition) is 1. The summed E-state index contributed by atoms with van der Waals surface area (Å²) in [5, 5.41) is 8.49. The zero-order valence-electron chi connectivity index (χ0n) is 8.97. The van der Waals surface area contributed by atoms with Crippen LogP contribution in [0.3, 0.4) is 0 Å². The zero-order chi connectivity index (χ0) is 11.3. The molecule has 0 aliphatic heterocycles. The van der Waals surface area contributed by atoms with E-state index in [2.05, 4.69) is 9.97 Å². The standard InChI is InChI=1S/C10H15N3O2/c1-13(2)9-6-8(11-7-12-9)4-3-5-10(14)15/h6-7H,3-5H2,1-2H3,(H,14,15). The molecule has 0 saturated carbocycles. The Morgan fingerprint density at radius 3 is 2.80 bits per heavy atom. The molecule has 0 aliphatic carbocycles. The summed E-state index contributed by atoms with van der Waals surface area (Å²) >= 11 is 0. The van der Waals surface area contributed by atoms with Crippen LogP contribution >= 0.6 is 0 Å². The van der Waals surface area contributed by atoms with Crippen molar-refractivity contribution in [2.45, 2.75) is 19.3 Å². The molecule has 1 rings (SSSR count). The van der Waals surface area contributed by atoms with E-state index in [1.165, 1.54) is 6.33 Å². The number of carboxylic acids is 1. The van der Waals surface area contributed by atoms with Crippen molar-refractivity contribution >= 4 is 11.8 Å². The Morgan fingerprint density at radius 2 is 2.20 bits per heavy atom. The summed E-state index contributed by atoms with van der Waals surface area (Å²) < 4.78 is 0. The highest BCUT2D eigenvalue weighted by molar-refractivity contribution is 5.66. The molecule has 1 aromatic rings. The van der Waals surface area contributed by atoms with Crippen molar-refractivity contribution in [3.8, 4) is 0 Å². The maximum atomic E-state index is 10.3. The number of aliphatic carboxylic acids is 1. The van der Waals surface area contributed by atoms with Crippen LogP contribution in [-0.2, 0) is 11.2 Å². The van der Waals surface area contributed by atoms with E-state index in [0.29, 0.717) is 12.8 Å². The molecule has 0 unspecified atom stereocenters. The summed E-state index contributed by atoms with van der Waals surface area (Å²) in [7, 11) is 3.81. The lowest BCUT2D eigenvalue weighted by Crippen LogP contribution is -2.11. The quantitative estimate of drug-likeness (QED) is 0.782. The molecule has 0 fully saturated rings. The number of hydrogen-bond acceptors (Lipinski definition) is 4. The second-order valence-corrected chi connectivity index (χ2v) is 3.51. The molecule has 5 heteroatoms. The summed E-state index contributed by atoms with van der Waals surface area (Å²) in [6.07, 6.45) is 2.97. The highest BCUT2D eigenvalue weighted by atomic mass is 16.4. The van der Waals surface area contributed by atoms with Crippen LogP contribution in [0.4, 0.5) is 5.82 Å². The first-order valence-corrected chi connectivity index (χ1v) is 4.79. The van der Waals surface area contributed by atoms with Crippen LogP contribution in [0, 0.1) is 0 Å². The van der Waals surface area contributed by atoms with Crippen LogP contribution in [0.1, 0.15) is 18.5 Å². The maximum Gasteiger partial charge on any atom is 0.303 e. The van der Waals surface area contributed by atoms with Crippen molar-refractivity contribution < 1.29 is 9.90 Å². The van der Waals surface area contributed by atoms with Gasteiger partial charge in [0.05, 0.1) is 0 Å². The van der Waals surface area contributed by atoms with Gasteiger partial charge in [0, 0.05) is 32.3 Å². The monoisotopic (exact) mass is 209 g/mol. The van der Waals surface area contributed by atoms with Crippen molar-refractivity contribution in [2.24, 2.45) is 0 Å². The number of anilines is 1. The van der Waals surface area contributed by atoms with Gasteiger partial charge in [-0.2, -0.15) is 0 Å². The van der Waals surface area contributed by atoms with E-state index in [4.69, 9.17) is 5.11 Å². The normalized spacial score (nSPS) is 10.0. The van der Waals surface area contributed by atoms with Crippen molar-refractivity contribution in [1.82, 2.24) is 9.97 Å². The highest BCUT2D eigenvalue weighted by Gasteiger charge is 2.02. The molecule has 0 bridgehead atoms. The molecule has 1 aromatic heterocycles. The van der Waals surface area contributed by atoms with Gasteiger partial charge < -0.3 is 10.0 Å². The smallest absolute Gasteiger partial charge is 0.303 e. The SMILES string of the molecule is CN(C)c1cc(CCCC(=O)O)ncn1. The maximum absolute atomic E-state index is 10.3. The van der Waals surface area contributed by atoms with Gasteiger partial charge in [0.25, 0.3) is 0 Å². The van der Waals surface area contributed by atoms with Crippen molar-refractivity contribution in [1.29, 1.82) is 0 Å². The van der Waals surface area contributed by atoms with Crippen molar-refractivity contribution in [3.63, 3.8) is 0 Å². The molecule has 0 atom stereocenters. The number of aromatic nitrogens is 2. The summed E-state index contributed by atoms with van der Waals surface area (Å²) in [6.45, 7) is 0. The Hall–Kier alpha value is -1.65. The first-order valence-electron chi connectivity index (χ1n) is 4.79. The van der Waals surface area contributed by atoms with Crippen molar-refractivity contribution in [3.05, 3.63) is 18.1 Å². The Bertz CT molecular complexity index is 339. The number of nitrogens with zero attached hydrogens (tertiary/aromatic N) is 3. The van der Waals surface area contributed by atoms with Gasteiger partial charge in [-0.15, -0.1) is 0 Å². The Kier molecular flexibility index (Phi) is 4.03. The molecule has 1 heterocycles. The second kappa shape index (κ2) is 5.29. The Balaban J connectivity index is 2.54. The second-order valence-electron chi connectivity index (χ2n) is 3.51. The fourth-order valence-corrected chi connectivity index (χ4v) is 1.19. The van der Waals surface area contributed by atoms with Crippen LogP contribution < -0.4 is 4.90 Å². The minimum atomic E-state index is -0.767. The van der Waals surface area contributed by atoms with Gasteiger partial charge in [-0.05, 0) is 12.8 Å². The van der Waals surface area contributed by atoms with Crippen LogP contribution in [-0.4, -0.2) is 35.1 Å². The van der Waals surface area contributed by atoms with Crippen molar-refractivity contribution in [2.75, 3.05) is 19.0 Å². The lowest BCUT2D eigenvalue weighted by Gasteiger charge is -2.11. The van der Waals surface area contributed by atoms with Crippen LogP contribution in [0.25, 0.3) is 0 Å². The molecule has 15 heavy (non-hydrogen) atoms. The Morgan fingerprint density at radius 1 is 1.47 bits per heavy atom. The summed E-state index contributed by atoms with van der Waals surface area (Å²) in [5.41, 5.74) is 0.884. The van der Waals surface area contributed by atoms with E-state index in [-0.39, 0.29) is 6.42 Å². The fourth-order valence-electron chi connectivity index (χ4n) is 1.19. The summed E-state index contributed by atoms with van der Waals surface area (Å²) in [4.78, 5) is 20.4. The zero-order valence-corrected chi connectivity index (χ0v) is 8.97. The third kappa shape index (κ3) is 3.93. The third-order valence-corrected chi connectivity index (χ3v) is 1.99. The molecule has 5 nitrogen and oxygen atoms in total. The minimum Gasteiger partial charge on any atom is -0.481 e. The molecule has 0 aliphatic rings. The fraction of sp³-hybridized carbons (Fsp3) is 0.500. The average molecular weight is 209 g/mol. The molecule has 0 spiro atoms. The average Bonchev–Trinajstić information content (AvgIpc) is 2.17. The minimum absolute atomic E-state index is 0.182. The molecular formula is C10H15N3O2. The van der Waals surface area contributed by atoms with Gasteiger partial charge in [0.1, 0.15) is 12.1 Å². The predicted molar refractivity (Wildman–Crippen MR) is 56.9 cm³/mol. The summed E-state index contributed by atoms with van der Waals surface area (Å²) in [6, 6.07) is 1.88. The highest BCUT2D eigenvalue weighted by Crippen LogP contribution is 2.09. The first kappa shape index (κ1) is 11.4. The lowest BCUT2D eigenvalue weighted by atomic mass is 10.2. The van der Waals surface area contributed by atoms with Crippen LogP contribution in [0.2, 0.25) is 0 Å². The molecule has 0 aromatic carbocycles. The van der Waals surface area contributed by atoms with E-state index in [1.54, 1.807) is 0 Å². The molecule has 1 N–H and O–H groups in total. The molecule has 0 saturated heterocycles. The van der Waals surface area contributed by atoms with Gasteiger partial charge >= 0.3 is 5.97 Å². The summed E-state index contributed by atoms with van der Waals surface area (Å²) in [5.74, 6) is 0.0761. The molecular weight excluding hydrogens is 194 g/mol.